The van der Waals surface area contributed by atoms with Gasteiger partial charge in [-0.3, -0.25) is 4.79 Å². The van der Waals surface area contributed by atoms with Gasteiger partial charge in [0, 0.05) is 18.3 Å². The lowest BCUT2D eigenvalue weighted by atomic mass is 10.3. The Balaban J connectivity index is 1.51. The Bertz CT molecular complexity index is 1410. The van der Waals surface area contributed by atoms with Crippen molar-refractivity contribution in [1.82, 2.24) is 14.8 Å². The molecule has 0 atom stereocenters. The molecule has 0 bridgehead atoms. The molecule has 0 aliphatic heterocycles. The Morgan fingerprint density at radius 1 is 1.06 bits per heavy atom. The van der Waals surface area contributed by atoms with Crippen LogP contribution in [0.2, 0.25) is 5.02 Å². The van der Waals surface area contributed by atoms with Gasteiger partial charge in [0.1, 0.15) is 11.5 Å². The van der Waals surface area contributed by atoms with Gasteiger partial charge in [-0.05, 0) is 36.4 Å². The first kappa shape index (κ1) is 24.9. The van der Waals surface area contributed by atoms with Crippen molar-refractivity contribution in [3.05, 3.63) is 89.2 Å². The Morgan fingerprint density at radius 2 is 1.83 bits per heavy atom. The number of benzene rings is 2. The molecule has 0 saturated heterocycles. The lowest BCUT2D eigenvalue weighted by Crippen LogP contribution is -2.21. The zero-order valence-electron chi connectivity index (χ0n) is 17.9. The number of halogens is 6. The van der Waals surface area contributed by atoms with Crippen LogP contribution in [0, 0.1) is 11.6 Å². The van der Waals surface area contributed by atoms with Gasteiger partial charge < -0.3 is 14.8 Å². The molecule has 1 amide bonds. The van der Waals surface area contributed by atoms with Crippen molar-refractivity contribution < 1.29 is 36.2 Å². The molecule has 1 N–H and O–H groups in total. The topological polar surface area (TPSA) is 78.3 Å². The zero-order chi connectivity index (χ0) is 25.9. The lowest BCUT2D eigenvalue weighted by molar-refractivity contribution is -0.141. The third-order valence-electron chi connectivity index (χ3n) is 4.54. The van der Waals surface area contributed by atoms with E-state index in [0.29, 0.717) is 12.1 Å². The maximum atomic E-state index is 13.9. The van der Waals surface area contributed by atoms with Crippen LogP contribution in [0.1, 0.15) is 5.69 Å². The standard InChI is InChI=1S/C23H14ClF5N4O3/c24-14-4-1-2-6-17(14)33-21(11-19(32-33)23(27,28)29)35-12-20(34)31-16-5-3-9-30-22(16)36-18-8-7-13(25)10-15(18)26/h1-11H,12H2,(H,31,34). The van der Waals surface area contributed by atoms with Crippen molar-refractivity contribution in [3.8, 4) is 23.2 Å². The minimum absolute atomic E-state index is 0.00502. The maximum Gasteiger partial charge on any atom is 0.435 e. The number of carbonyl (C=O) groups is 1. The summed E-state index contributed by atoms with van der Waals surface area (Å²) < 4.78 is 78.3. The Morgan fingerprint density at radius 3 is 2.56 bits per heavy atom. The molecule has 36 heavy (non-hydrogen) atoms. The summed E-state index contributed by atoms with van der Waals surface area (Å²) in [6, 6.07) is 12.1. The molecule has 0 aliphatic rings. The van der Waals surface area contributed by atoms with Crippen LogP contribution in [-0.2, 0) is 11.0 Å². The van der Waals surface area contributed by atoms with Gasteiger partial charge in [-0.25, -0.2) is 13.8 Å². The van der Waals surface area contributed by atoms with Crippen LogP contribution in [0.3, 0.4) is 0 Å². The number of hydrogen-bond acceptors (Lipinski definition) is 5. The first-order valence-electron chi connectivity index (χ1n) is 10.0. The fourth-order valence-electron chi connectivity index (χ4n) is 2.96. The van der Waals surface area contributed by atoms with E-state index in [1.54, 1.807) is 12.1 Å². The SMILES string of the molecule is O=C(COc1cc(C(F)(F)F)nn1-c1ccccc1Cl)Nc1cccnc1Oc1ccc(F)cc1F. The van der Waals surface area contributed by atoms with E-state index >= 15 is 0 Å². The monoisotopic (exact) mass is 524 g/mol. The van der Waals surface area contributed by atoms with E-state index in [1.807, 2.05) is 0 Å². The Kier molecular flexibility index (Phi) is 7.06. The molecule has 0 saturated carbocycles. The van der Waals surface area contributed by atoms with Gasteiger partial charge in [0.15, 0.2) is 23.9 Å². The summed E-state index contributed by atoms with van der Waals surface area (Å²) in [5, 5.41) is 6.03. The molecular formula is C23H14ClF5N4O3. The summed E-state index contributed by atoms with van der Waals surface area (Å²) in [5.41, 5.74) is -1.14. The molecule has 13 heteroatoms. The molecule has 0 fully saturated rings. The lowest BCUT2D eigenvalue weighted by Gasteiger charge is -2.13. The average molecular weight is 525 g/mol. The molecule has 2 heterocycles. The Hall–Kier alpha value is -4.19. The van der Waals surface area contributed by atoms with E-state index in [1.165, 1.54) is 30.5 Å². The van der Waals surface area contributed by atoms with Gasteiger partial charge in [-0.2, -0.15) is 23.0 Å². The summed E-state index contributed by atoms with van der Waals surface area (Å²) in [6.45, 7) is -0.729. The normalized spacial score (nSPS) is 11.3. The van der Waals surface area contributed by atoms with Gasteiger partial charge in [-0.1, -0.05) is 23.7 Å². The number of para-hydroxylation sites is 1. The number of amides is 1. The second-order valence-electron chi connectivity index (χ2n) is 7.10. The summed E-state index contributed by atoms with van der Waals surface area (Å²) in [7, 11) is 0. The number of pyridine rings is 1. The van der Waals surface area contributed by atoms with Crippen LogP contribution in [0.4, 0.5) is 27.6 Å². The number of alkyl halides is 3. The smallest absolute Gasteiger partial charge is 0.435 e. The largest absolute Gasteiger partial charge is 0.467 e. The van der Waals surface area contributed by atoms with Crippen molar-refractivity contribution in [3.63, 3.8) is 0 Å². The third kappa shape index (κ3) is 5.71. The van der Waals surface area contributed by atoms with E-state index < -0.39 is 36.0 Å². The highest BCUT2D eigenvalue weighted by molar-refractivity contribution is 6.32. The summed E-state index contributed by atoms with van der Waals surface area (Å²) in [6.07, 6.45) is -3.46. The minimum Gasteiger partial charge on any atom is -0.467 e. The number of anilines is 1. The predicted octanol–water partition coefficient (Wildman–Crippen LogP) is 6.03. The summed E-state index contributed by atoms with van der Waals surface area (Å²) >= 11 is 6.08. The highest BCUT2D eigenvalue weighted by atomic mass is 35.5. The first-order chi connectivity index (χ1) is 17.1. The third-order valence-corrected chi connectivity index (χ3v) is 4.86. The molecule has 2 aromatic carbocycles. The van der Waals surface area contributed by atoms with E-state index in [4.69, 9.17) is 21.1 Å². The molecule has 0 unspecified atom stereocenters. The van der Waals surface area contributed by atoms with E-state index in [0.717, 1.165) is 16.8 Å². The number of aromatic nitrogens is 3. The number of carbonyl (C=O) groups excluding carboxylic acids is 1. The minimum atomic E-state index is -4.77. The van der Waals surface area contributed by atoms with Crippen molar-refractivity contribution in [1.29, 1.82) is 0 Å². The second kappa shape index (κ2) is 10.2. The van der Waals surface area contributed by atoms with Crippen LogP contribution in [0.5, 0.6) is 17.5 Å². The van der Waals surface area contributed by atoms with Gasteiger partial charge in [-0.15, -0.1) is 0 Å². The van der Waals surface area contributed by atoms with Crippen molar-refractivity contribution >= 4 is 23.2 Å². The molecular weight excluding hydrogens is 511 g/mol. The van der Waals surface area contributed by atoms with Crippen LogP contribution in [-0.4, -0.2) is 27.3 Å². The van der Waals surface area contributed by atoms with E-state index in [2.05, 4.69) is 15.4 Å². The van der Waals surface area contributed by atoms with Gasteiger partial charge >= 0.3 is 6.18 Å². The highest BCUT2D eigenvalue weighted by Gasteiger charge is 2.36. The van der Waals surface area contributed by atoms with E-state index in [-0.39, 0.29) is 33.9 Å². The molecule has 2 aromatic heterocycles. The molecule has 7 nitrogen and oxygen atoms in total. The molecule has 4 rings (SSSR count). The fraction of sp³-hybridized carbons (Fsp3) is 0.0870. The average Bonchev–Trinajstić information content (AvgIpc) is 3.26. The summed E-state index contributed by atoms with van der Waals surface area (Å²) in [4.78, 5) is 16.4. The van der Waals surface area contributed by atoms with Gasteiger partial charge in [0.25, 0.3) is 5.91 Å². The molecule has 4 aromatic rings. The number of ether oxygens (including phenoxy) is 2. The molecule has 0 spiro atoms. The second-order valence-corrected chi connectivity index (χ2v) is 7.51. The molecule has 186 valence electrons. The van der Waals surface area contributed by atoms with Crippen LogP contribution in [0.25, 0.3) is 5.69 Å². The quantitative estimate of drug-likeness (QED) is 0.299. The fourth-order valence-corrected chi connectivity index (χ4v) is 3.17. The number of nitrogens with zero attached hydrogens (tertiary/aromatic N) is 3. The van der Waals surface area contributed by atoms with Crippen molar-refractivity contribution in [2.24, 2.45) is 0 Å². The van der Waals surface area contributed by atoms with Gasteiger partial charge in [0.2, 0.25) is 11.8 Å². The van der Waals surface area contributed by atoms with Crippen LogP contribution >= 0.6 is 11.6 Å². The van der Waals surface area contributed by atoms with Gasteiger partial charge in [0.05, 0.1) is 10.7 Å². The number of nitrogens with one attached hydrogen (secondary N) is 1. The zero-order valence-corrected chi connectivity index (χ0v) is 18.6. The van der Waals surface area contributed by atoms with Crippen molar-refractivity contribution in [2.75, 3.05) is 11.9 Å². The van der Waals surface area contributed by atoms with Crippen molar-refractivity contribution in [2.45, 2.75) is 6.18 Å². The number of rotatable bonds is 7. The molecule has 0 radical (unpaired) electrons. The first-order valence-corrected chi connectivity index (χ1v) is 10.4. The molecule has 0 aliphatic carbocycles. The van der Waals surface area contributed by atoms with Crippen LogP contribution < -0.4 is 14.8 Å². The van der Waals surface area contributed by atoms with E-state index in [9.17, 15) is 26.7 Å². The highest BCUT2D eigenvalue weighted by Crippen LogP contribution is 2.34. The number of hydrogen-bond donors (Lipinski definition) is 1. The maximum absolute atomic E-state index is 13.9. The Labute approximate surface area is 205 Å². The summed E-state index contributed by atoms with van der Waals surface area (Å²) in [5.74, 6) is -3.54. The van der Waals surface area contributed by atoms with Crippen LogP contribution in [0.15, 0.2) is 66.9 Å². The predicted molar refractivity (Wildman–Crippen MR) is 118 cm³/mol.